The van der Waals surface area contributed by atoms with Gasteiger partial charge in [-0.25, -0.2) is 0 Å². The highest BCUT2D eigenvalue weighted by Crippen LogP contribution is 2.28. The van der Waals surface area contributed by atoms with E-state index in [4.69, 9.17) is 11.8 Å². The number of hydrogen-bond acceptors (Lipinski definition) is 2. The summed E-state index contributed by atoms with van der Waals surface area (Å²) in [5.41, 5.74) is 0.911. The molecule has 3 heteroatoms. The molecule has 0 aliphatic carbocycles. The first-order valence-corrected chi connectivity index (χ1v) is 5.77. The molecular weight excluding hydrogens is 226 g/mol. The van der Waals surface area contributed by atoms with Crippen LogP contribution in [0.25, 0.3) is 0 Å². The summed E-state index contributed by atoms with van der Waals surface area (Å²) in [5, 5.41) is 0. The summed E-state index contributed by atoms with van der Waals surface area (Å²) >= 11 is 7.22. The molecule has 2 aromatic carbocycles. The fourth-order valence-electron chi connectivity index (χ4n) is 1.21. The Morgan fingerprint density at radius 3 is 2.00 bits per heavy atom. The first-order valence-electron chi connectivity index (χ1n) is 4.58. The quantitative estimate of drug-likeness (QED) is 0.792. The maximum atomic E-state index is 5.48. The molecule has 2 rings (SSSR count). The molecule has 0 spiro atoms. The van der Waals surface area contributed by atoms with Crippen LogP contribution in [0.4, 0.5) is 5.69 Å². The highest BCUT2D eigenvalue weighted by Gasteiger charge is 1.96. The summed E-state index contributed by atoms with van der Waals surface area (Å²) in [6.45, 7) is 0. The second kappa shape index (κ2) is 5.10. The van der Waals surface area contributed by atoms with E-state index in [1.54, 1.807) is 11.8 Å². The van der Waals surface area contributed by atoms with Crippen molar-refractivity contribution in [3.05, 3.63) is 54.6 Å². The van der Waals surface area contributed by atoms with Gasteiger partial charge in [-0.15, -0.1) is 0 Å². The molecule has 15 heavy (non-hydrogen) atoms. The van der Waals surface area contributed by atoms with Crippen LogP contribution in [0.3, 0.4) is 0 Å². The van der Waals surface area contributed by atoms with Crippen LogP contribution >= 0.6 is 23.5 Å². The van der Waals surface area contributed by atoms with Crippen LogP contribution in [0.1, 0.15) is 0 Å². The lowest BCUT2D eigenvalue weighted by Gasteiger charge is -2.02. The van der Waals surface area contributed by atoms with Crippen molar-refractivity contribution in [2.24, 2.45) is 0 Å². The van der Waals surface area contributed by atoms with Crippen LogP contribution in [0, 0.1) is 0 Å². The smallest absolute Gasteiger partial charge is 0.0492 e. The normalized spacial score (nSPS) is 9.93. The van der Waals surface area contributed by atoms with E-state index in [0.29, 0.717) is 0 Å². The maximum absolute atomic E-state index is 5.48. The first kappa shape index (κ1) is 10.4. The molecule has 0 amide bonds. The number of benzene rings is 2. The molecule has 0 saturated heterocycles. The summed E-state index contributed by atoms with van der Waals surface area (Å²) in [7, 11) is 0. The van der Waals surface area contributed by atoms with Crippen molar-refractivity contribution in [1.82, 2.24) is 0 Å². The van der Waals surface area contributed by atoms with E-state index >= 15 is 0 Å². The van der Waals surface area contributed by atoms with Gasteiger partial charge in [-0.1, -0.05) is 30.0 Å². The second-order valence-corrected chi connectivity index (χ2v) is 4.37. The van der Waals surface area contributed by atoms with Gasteiger partial charge in [0, 0.05) is 27.3 Å². The molecular formula is C12H10ClNS. The predicted molar refractivity (Wildman–Crippen MR) is 66.5 cm³/mol. The third-order valence-electron chi connectivity index (χ3n) is 1.94. The van der Waals surface area contributed by atoms with Crippen molar-refractivity contribution < 1.29 is 0 Å². The molecule has 0 fully saturated rings. The van der Waals surface area contributed by atoms with Crippen LogP contribution in [-0.2, 0) is 0 Å². The van der Waals surface area contributed by atoms with Gasteiger partial charge in [0.15, 0.2) is 0 Å². The van der Waals surface area contributed by atoms with Crippen molar-refractivity contribution in [3.8, 4) is 0 Å². The largest absolute Gasteiger partial charge is 0.299 e. The Morgan fingerprint density at radius 2 is 1.40 bits per heavy atom. The Bertz CT molecular complexity index is 413. The Morgan fingerprint density at radius 1 is 0.800 bits per heavy atom. The lowest BCUT2D eigenvalue weighted by molar-refractivity contribution is 1.41. The van der Waals surface area contributed by atoms with Gasteiger partial charge >= 0.3 is 0 Å². The standard InChI is InChI=1S/C12H10ClNS/c13-14-10-6-8-12(9-7-10)15-11-4-2-1-3-5-11/h1-9,14H. The molecule has 0 aliphatic heterocycles. The van der Waals surface area contributed by atoms with Gasteiger partial charge in [-0.2, -0.15) is 0 Å². The van der Waals surface area contributed by atoms with Gasteiger partial charge in [0.05, 0.1) is 0 Å². The summed E-state index contributed by atoms with van der Waals surface area (Å²) in [6, 6.07) is 18.3. The molecule has 76 valence electrons. The Kier molecular flexibility index (Phi) is 3.54. The van der Waals surface area contributed by atoms with Crippen LogP contribution < -0.4 is 4.84 Å². The van der Waals surface area contributed by atoms with E-state index in [-0.39, 0.29) is 0 Å². The van der Waals surface area contributed by atoms with Gasteiger partial charge in [0.25, 0.3) is 0 Å². The first-order chi connectivity index (χ1) is 7.38. The van der Waals surface area contributed by atoms with Crippen molar-refractivity contribution in [3.63, 3.8) is 0 Å². The highest BCUT2D eigenvalue weighted by atomic mass is 35.5. The lowest BCUT2D eigenvalue weighted by atomic mass is 10.3. The fraction of sp³-hybridized carbons (Fsp3) is 0. The Balaban J connectivity index is 2.11. The zero-order valence-corrected chi connectivity index (χ0v) is 9.55. The molecule has 0 bridgehead atoms. The number of rotatable bonds is 3. The van der Waals surface area contributed by atoms with E-state index in [1.807, 2.05) is 42.5 Å². The third kappa shape index (κ3) is 2.91. The van der Waals surface area contributed by atoms with Crippen LogP contribution in [0.5, 0.6) is 0 Å². The molecule has 1 N–H and O–H groups in total. The van der Waals surface area contributed by atoms with Crippen molar-refractivity contribution in [2.75, 3.05) is 4.84 Å². The molecule has 0 saturated carbocycles. The summed E-state index contributed by atoms with van der Waals surface area (Å²) < 4.78 is 0. The van der Waals surface area contributed by atoms with Crippen LogP contribution in [0.2, 0.25) is 0 Å². The number of nitrogens with one attached hydrogen (secondary N) is 1. The van der Waals surface area contributed by atoms with Gasteiger partial charge in [-0.05, 0) is 36.4 Å². The molecule has 2 aromatic rings. The summed E-state index contributed by atoms with van der Waals surface area (Å²) in [6.07, 6.45) is 0. The van der Waals surface area contributed by atoms with E-state index in [0.717, 1.165) is 5.69 Å². The van der Waals surface area contributed by atoms with Gasteiger partial charge in [-0.3, -0.25) is 4.84 Å². The monoisotopic (exact) mass is 235 g/mol. The topological polar surface area (TPSA) is 12.0 Å². The maximum Gasteiger partial charge on any atom is 0.0492 e. The van der Waals surface area contributed by atoms with E-state index < -0.39 is 0 Å². The lowest BCUT2D eigenvalue weighted by Crippen LogP contribution is -1.79. The molecule has 0 radical (unpaired) electrons. The zero-order chi connectivity index (χ0) is 10.5. The molecule has 0 heterocycles. The van der Waals surface area contributed by atoms with Gasteiger partial charge in [0.2, 0.25) is 0 Å². The van der Waals surface area contributed by atoms with Crippen molar-refractivity contribution >= 4 is 29.2 Å². The minimum absolute atomic E-state index is 0.911. The molecule has 1 nitrogen and oxygen atoms in total. The Labute approximate surface area is 98.6 Å². The summed E-state index contributed by atoms with van der Waals surface area (Å²) in [5.74, 6) is 0. The molecule has 0 unspecified atom stereocenters. The van der Waals surface area contributed by atoms with E-state index in [2.05, 4.69) is 17.0 Å². The van der Waals surface area contributed by atoms with Gasteiger partial charge < -0.3 is 0 Å². The predicted octanol–water partition coefficient (Wildman–Crippen LogP) is 4.40. The van der Waals surface area contributed by atoms with Crippen LogP contribution in [0.15, 0.2) is 64.4 Å². The van der Waals surface area contributed by atoms with Crippen LogP contribution in [-0.4, -0.2) is 0 Å². The number of anilines is 1. The Hall–Kier alpha value is -1.12. The molecule has 0 aliphatic rings. The van der Waals surface area contributed by atoms with Crippen molar-refractivity contribution in [1.29, 1.82) is 0 Å². The fourth-order valence-corrected chi connectivity index (χ4v) is 2.17. The minimum Gasteiger partial charge on any atom is -0.299 e. The SMILES string of the molecule is ClNc1ccc(Sc2ccccc2)cc1. The highest BCUT2D eigenvalue weighted by molar-refractivity contribution is 7.99. The second-order valence-electron chi connectivity index (χ2n) is 3.03. The van der Waals surface area contributed by atoms with E-state index in [9.17, 15) is 0 Å². The molecule has 0 atom stereocenters. The minimum atomic E-state index is 0.911. The average molecular weight is 236 g/mol. The molecule has 0 aromatic heterocycles. The zero-order valence-electron chi connectivity index (χ0n) is 7.98. The average Bonchev–Trinajstić information content (AvgIpc) is 2.31. The summed E-state index contributed by atoms with van der Waals surface area (Å²) in [4.78, 5) is 5.03. The van der Waals surface area contributed by atoms with Crippen molar-refractivity contribution in [2.45, 2.75) is 9.79 Å². The van der Waals surface area contributed by atoms with Gasteiger partial charge in [0.1, 0.15) is 0 Å². The number of hydrogen-bond donors (Lipinski definition) is 1. The third-order valence-corrected chi connectivity index (χ3v) is 3.18. The van der Waals surface area contributed by atoms with E-state index in [1.165, 1.54) is 9.79 Å². The number of halogens is 1.